The fourth-order valence-electron chi connectivity index (χ4n) is 1.55. The van der Waals surface area contributed by atoms with Gasteiger partial charge in [0.05, 0.1) is 4.90 Å². The van der Waals surface area contributed by atoms with Crippen LogP contribution in [0, 0.1) is 0 Å². The Morgan fingerprint density at radius 2 is 2.05 bits per heavy atom. The number of hydrogen-bond acceptors (Lipinski definition) is 4. The third-order valence-electron chi connectivity index (χ3n) is 3.14. The van der Waals surface area contributed by atoms with E-state index in [-0.39, 0.29) is 4.90 Å². The molecule has 114 valence electrons. The molecule has 0 aliphatic rings. The van der Waals surface area contributed by atoms with Gasteiger partial charge < -0.3 is 10.6 Å². The van der Waals surface area contributed by atoms with Gasteiger partial charge >= 0.3 is 0 Å². The Morgan fingerprint density at radius 1 is 1.40 bits per heavy atom. The van der Waals surface area contributed by atoms with Gasteiger partial charge in [0.15, 0.2) is 0 Å². The maximum absolute atomic E-state index is 12.1. The molecule has 0 aliphatic heterocycles. The summed E-state index contributed by atoms with van der Waals surface area (Å²) in [6, 6.07) is 5.05. The lowest BCUT2D eigenvalue weighted by atomic mass is 10.3. The number of anilines is 1. The summed E-state index contributed by atoms with van der Waals surface area (Å²) < 4.78 is 27.4. The number of nitrogens with zero attached hydrogens (tertiary/aromatic N) is 1. The Morgan fingerprint density at radius 3 is 2.60 bits per heavy atom. The van der Waals surface area contributed by atoms with Crippen LogP contribution in [0.4, 0.5) is 5.69 Å². The van der Waals surface area contributed by atoms with Crippen LogP contribution in [-0.4, -0.2) is 39.5 Å². The molecule has 0 saturated heterocycles. The fraction of sp³-hybridized carbons (Fsp3) is 0.538. The van der Waals surface area contributed by atoms with Crippen LogP contribution in [0.2, 0.25) is 0 Å². The molecule has 0 aromatic heterocycles. The van der Waals surface area contributed by atoms with Gasteiger partial charge in [0.2, 0.25) is 10.0 Å². The normalized spacial score (nSPS) is 12.3. The van der Waals surface area contributed by atoms with Gasteiger partial charge in [0.25, 0.3) is 0 Å². The number of sulfonamides is 1. The van der Waals surface area contributed by atoms with Crippen molar-refractivity contribution in [2.24, 2.45) is 0 Å². The number of nitrogen functional groups attached to an aromatic ring is 1. The van der Waals surface area contributed by atoms with E-state index in [9.17, 15) is 8.42 Å². The van der Waals surface area contributed by atoms with Crippen molar-refractivity contribution >= 4 is 31.6 Å². The lowest BCUT2D eigenvalue weighted by Gasteiger charge is -2.20. The van der Waals surface area contributed by atoms with Crippen LogP contribution < -0.4 is 10.5 Å². The maximum Gasteiger partial charge on any atom is 0.240 e. The van der Waals surface area contributed by atoms with Crippen LogP contribution in [0.25, 0.3) is 0 Å². The van der Waals surface area contributed by atoms with Crippen molar-refractivity contribution in [2.75, 3.05) is 25.9 Å². The van der Waals surface area contributed by atoms with Gasteiger partial charge in [-0.1, -0.05) is 0 Å². The van der Waals surface area contributed by atoms with Crippen molar-refractivity contribution in [2.45, 2.75) is 31.2 Å². The van der Waals surface area contributed by atoms with Crippen molar-refractivity contribution in [3.63, 3.8) is 0 Å². The van der Waals surface area contributed by atoms with Crippen LogP contribution in [0.3, 0.4) is 0 Å². The lowest BCUT2D eigenvalue weighted by Crippen LogP contribution is -2.31. The van der Waals surface area contributed by atoms with Gasteiger partial charge in [-0.2, -0.15) is 0 Å². The molecule has 5 nitrogen and oxygen atoms in total. The Bertz CT molecular complexity index is 547. The van der Waals surface area contributed by atoms with E-state index in [0.29, 0.717) is 22.7 Å². The van der Waals surface area contributed by atoms with E-state index in [2.05, 4.69) is 39.4 Å². The Kier molecular flexibility index (Phi) is 6.44. The molecule has 0 fully saturated rings. The minimum absolute atomic E-state index is 0.218. The topological polar surface area (TPSA) is 75.4 Å². The number of nitrogens with one attached hydrogen (secondary N) is 1. The van der Waals surface area contributed by atoms with Crippen LogP contribution in [-0.2, 0) is 10.0 Å². The molecule has 0 atom stereocenters. The highest BCUT2D eigenvalue weighted by atomic mass is 79.9. The van der Waals surface area contributed by atoms with Crippen LogP contribution in [0.1, 0.15) is 20.3 Å². The second kappa shape index (κ2) is 7.40. The predicted octanol–water partition coefficient (Wildman–Crippen LogP) is 2.04. The number of nitrogens with two attached hydrogens (primary N) is 1. The van der Waals surface area contributed by atoms with Gasteiger partial charge in [-0.05, 0) is 68.0 Å². The third-order valence-corrected chi connectivity index (χ3v) is 5.29. The van der Waals surface area contributed by atoms with E-state index in [1.165, 1.54) is 12.1 Å². The minimum atomic E-state index is -3.47. The average molecular weight is 364 g/mol. The molecule has 0 bridgehead atoms. The highest BCUT2D eigenvalue weighted by molar-refractivity contribution is 9.10. The Labute approximate surface area is 129 Å². The zero-order valence-corrected chi connectivity index (χ0v) is 14.5. The van der Waals surface area contributed by atoms with Crippen molar-refractivity contribution in [1.29, 1.82) is 0 Å². The summed E-state index contributed by atoms with van der Waals surface area (Å²) >= 11 is 3.23. The summed E-state index contributed by atoms with van der Waals surface area (Å²) in [5, 5.41) is 0. The number of hydrogen-bond donors (Lipinski definition) is 2. The summed E-state index contributed by atoms with van der Waals surface area (Å²) in [5.41, 5.74) is 6.16. The molecule has 1 rings (SSSR count). The fourth-order valence-corrected chi connectivity index (χ4v) is 3.18. The van der Waals surface area contributed by atoms with Crippen LogP contribution in [0.15, 0.2) is 27.6 Å². The van der Waals surface area contributed by atoms with E-state index in [0.717, 1.165) is 13.0 Å². The second-order valence-corrected chi connectivity index (χ2v) is 7.63. The predicted molar refractivity (Wildman–Crippen MR) is 86.1 cm³/mol. The highest BCUT2D eigenvalue weighted by Crippen LogP contribution is 2.22. The van der Waals surface area contributed by atoms with Crippen molar-refractivity contribution in [1.82, 2.24) is 9.62 Å². The first kappa shape index (κ1) is 17.4. The molecule has 0 unspecified atom stereocenters. The SMILES string of the molecule is CC(C)N(C)CCCNS(=O)(=O)c1ccc(N)c(Br)c1. The molecular formula is C13H22BrN3O2S. The van der Waals surface area contributed by atoms with Crippen LogP contribution >= 0.6 is 15.9 Å². The summed E-state index contributed by atoms with van der Waals surface area (Å²) in [6.07, 6.45) is 0.768. The molecule has 0 radical (unpaired) electrons. The maximum atomic E-state index is 12.1. The summed E-state index contributed by atoms with van der Waals surface area (Å²) in [4.78, 5) is 2.39. The summed E-state index contributed by atoms with van der Waals surface area (Å²) in [5.74, 6) is 0. The van der Waals surface area contributed by atoms with Gasteiger partial charge in [0.1, 0.15) is 0 Å². The molecule has 0 saturated carbocycles. The van der Waals surface area contributed by atoms with Gasteiger partial charge in [0, 0.05) is 22.7 Å². The van der Waals surface area contributed by atoms with Gasteiger partial charge in [-0.15, -0.1) is 0 Å². The molecule has 0 amide bonds. The number of rotatable bonds is 7. The highest BCUT2D eigenvalue weighted by Gasteiger charge is 2.14. The van der Waals surface area contributed by atoms with Crippen LogP contribution in [0.5, 0.6) is 0 Å². The zero-order chi connectivity index (χ0) is 15.3. The smallest absolute Gasteiger partial charge is 0.240 e. The van der Waals surface area contributed by atoms with E-state index < -0.39 is 10.0 Å². The van der Waals surface area contributed by atoms with Crippen molar-refractivity contribution < 1.29 is 8.42 Å². The average Bonchev–Trinajstić information content (AvgIpc) is 2.37. The van der Waals surface area contributed by atoms with E-state index >= 15 is 0 Å². The third kappa shape index (κ3) is 5.05. The quantitative estimate of drug-likeness (QED) is 0.574. The first-order valence-corrected chi connectivity index (χ1v) is 8.76. The first-order chi connectivity index (χ1) is 9.24. The molecule has 1 aromatic carbocycles. The summed E-state index contributed by atoms with van der Waals surface area (Å²) in [6.45, 7) is 5.49. The molecule has 7 heteroatoms. The standard InChI is InChI=1S/C13H22BrN3O2S/c1-10(2)17(3)8-4-7-16-20(18,19)11-5-6-13(15)12(14)9-11/h5-6,9-10,16H,4,7-8,15H2,1-3H3. The number of halogens is 1. The monoisotopic (exact) mass is 363 g/mol. The molecule has 3 N–H and O–H groups in total. The Balaban J connectivity index is 2.56. The van der Waals surface area contributed by atoms with Crippen molar-refractivity contribution in [3.8, 4) is 0 Å². The molecule has 1 aromatic rings. The van der Waals surface area contributed by atoms with E-state index in [4.69, 9.17) is 5.73 Å². The minimum Gasteiger partial charge on any atom is -0.398 e. The molecule has 0 spiro atoms. The van der Waals surface area contributed by atoms with Gasteiger partial charge in [-0.25, -0.2) is 13.1 Å². The first-order valence-electron chi connectivity index (χ1n) is 6.49. The summed E-state index contributed by atoms with van der Waals surface area (Å²) in [7, 11) is -1.45. The van der Waals surface area contributed by atoms with Gasteiger partial charge in [-0.3, -0.25) is 0 Å². The molecule has 20 heavy (non-hydrogen) atoms. The molecule has 0 aliphatic carbocycles. The molecule has 0 heterocycles. The largest absolute Gasteiger partial charge is 0.398 e. The zero-order valence-electron chi connectivity index (χ0n) is 12.1. The molecular weight excluding hydrogens is 342 g/mol. The lowest BCUT2D eigenvalue weighted by molar-refractivity contribution is 0.271. The second-order valence-electron chi connectivity index (χ2n) is 5.01. The number of benzene rings is 1. The van der Waals surface area contributed by atoms with E-state index in [1.807, 2.05) is 7.05 Å². The van der Waals surface area contributed by atoms with Crippen molar-refractivity contribution in [3.05, 3.63) is 22.7 Å². The Hall–Kier alpha value is -0.630. The van der Waals surface area contributed by atoms with E-state index in [1.54, 1.807) is 6.07 Å².